The van der Waals surface area contributed by atoms with E-state index in [9.17, 15) is 4.79 Å². The highest BCUT2D eigenvalue weighted by Gasteiger charge is 2.01. The number of nitrogens with one attached hydrogen (secondary N) is 1. The van der Waals surface area contributed by atoms with E-state index in [2.05, 4.69) is 5.32 Å². The maximum atomic E-state index is 11.2. The minimum absolute atomic E-state index is 0.126. The van der Waals surface area contributed by atoms with Crippen LogP contribution in [0.3, 0.4) is 0 Å². The van der Waals surface area contributed by atoms with Crippen LogP contribution >= 0.6 is 0 Å². The summed E-state index contributed by atoms with van der Waals surface area (Å²) < 4.78 is 1.97. The molecule has 0 saturated carbocycles. The normalized spacial score (nSPS) is 9.59. The van der Waals surface area contributed by atoms with Crippen molar-refractivity contribution in [1.29, 1.82) is 5.26 Å². The van der Waals surface area contributed by atoms with Gasteiger partial charge < -0.3 is 9.88 Å². The van der Waals surface area contributed by atoms with Gasteiger partial charge in [0.25, 0.3) is 0 Å². The maximum absolute atomic E-state index is 11.2. The summed E-state index contributed by atoms with van der Waals surface area (Å²) in [5, 5.41) is 11.0. The molecule has 0 bridgehead atoms. The molecule has 1 aromatic carbocycles. The minimum atomic E-state index is -0.291. The Hall–Kier alpha value is -2.54. The molecule has 0 saturated heterocycles. The van der Waals surface area contributed by atoms with Crippen molar-refractivity contribution in [3.63, 3.8) is 0 Å². The van der Waals surface area contributed by atoms with E-state index in [1.807, 2.05) is 53.4 Å². The molecule has 17 heavy (non-hydrogen) atoms. The molecule has 0 radical (unpaired) electrons. The van der Waals surface area contributed by atoms with E-state index in [0.717, 1.165) is 5.69 Å². The average Bonchev–Trinajstić information content (AvgIpc) is 2.84. The van der Waals surface area contributed by atoms with Crippen LogP contribution in [-0.2, 0) is 4.79 Å². The van der Waals surface area contributed by atoms with Gasteiger partial charge in [0, 0.05) is 23.8 Å². The molecule has 0 aliphatic heterocycles. The topological polar surface area (TPSA) is 57.8 Å². The van der Waals surface area contributed by atoms with Crippen LogP contribution in [-0.4, -0.2) is 10.5 Å². The second kappa shape index (κ2) is 4.99. The number of rotatable bonds is 3. The Kier molecular flexibility index (Phi) is 3.22. The van der Waals surface area contributed by atoms with Crippen LogP contribution in [0.15, 0.2) is 48.8 Å². The van der Waals surface area contributed by atoms with Crippen molar-refractivity contribution in [1.82, 2.24) is 4.57 Å². The molecule has 0 fully saturated rings. The molecule has 2 rings (SSSR count). The van der Waals surface area contributed by atoms with Crippen LogP contribution in [0.2, 0.25) is 0 Å². The second-order valence-electron chi connectivity index (χ2n) is 3.52. The molecule has 84 valence electrons. The van der Waals surface area contributed by atoms with Gasteiger partial charge >= 0.3 is 0 Å². The first kappa shape index (κ1) is 11.0. The van der Waals surface area contributed by atoms with Crippen LogP contribution in [0.5, 0.6) is 0 Å². The van der Waals surface area contributed by atoms with Gasteiger partial charge in [0.2, 0.25) is 5.91 Å². The molecular formula is C13H11N3O. The Bertz CT molecular complexity index is 535. The second-order valence-corrected chi connectivity index (χ2v) is 3.52. The molecule has 0 atom stereocenters. The van der Waals surface area contributed by atoms with E-state index < -0.39 is 0 Å². The standard InChI is InChI=1S/C13H11N3O/c14-8-7-13(17)15-11-3-5-12(6-4-11)16-9-1-2-10-16/h1-6,9-10H,7H2,(H,15,17). The SMILES string of the molecule is N#CCC(=O)Nc1ccc(-n2cccc2)cc1. The molecule has 1 aromatic heterocycles. The fraction of sp³-hybridized carbons (Fsp3) is 0.0769. The molecular weight excluding hydrogens is 214 g/mol. The average molecular weight is 225 g/mol. The number of anilines is 1. The first-order valence-corrected chi connectivity index (χ1v) is 5.20. The highest BCUT2D eigenvalue weighted by atomic mass is 16.1. The minimum Gasteiger partial charge on any atom is -0.325 e. The van der Waals surface area contributed by atoms with E-state index in [1.165, 1.54) is 0 Å². The number of benzene rings is 1. The molecule has 0 spiro atoms. The number of nitrogens with zero attached hydrogens (tertiary/aromatic N) is 2. The summed E-state index contributed by atoms with van der Waals surface area (Å²) in [7, 11) is 0. The smallest absolute Gasteiger partial charge is 0.238 e. The van der Waals surface area contributed by atoms with Gasteiger partial charge in [-0.25, -0.2) is 0 Å². The zero-order chi connectivity index (χ0) is 12.1. The molecule has 0 aliphatic rings. The van der Waals surface area contributed by atoms with Crippen molar-refractivity contribution in [3.8, 4) is 11.8 Å². The Morgan fingerprint density at radius 3 is 2.47 bits per heavy atom. The van der Waals surface area contributed by atoms with Gasteiger partial charge in [-0.05, 0) is 36.4 Å². The summed E-state index contributed by atoms with van der Waals surface area (Å²) in [5.41, 5.74) is 1.72. The van der Waals surface area contributed by atoms with Gasteiger partial charge in [-0.1, -0.05) is 0 Å². The lowest BCUT2D eigenvalue weighted by molar-refractivity contribution is -0.115. The van der Waals surface area contributed by atoms with E-state index in [-0.39, 0.29) is 12.3 Å². The predicted molar refractivity (Wildman–Crippen MR) is 64.6 cm³/mol. The van der Waals surface area contributed by atoms with Gasteiger partial charge in [-0.3, -0.25) is 4.79 Å². The first-order chi connectivity index (χ1) is 8.29. The van der Waals surface area contributed by atoms with Crippen molar-refractivity contribution >= 4 is 11.6 Å². The van der Waals surface area contributed by atoms with Crippen molar-refractivity contribution < 1.29 is 4.79 Å². The Morgan fingerprint density at radius 1 is 1.24 bits per heavy atom. The van der Waals surface area contributed by atoms with Crippen molar-refractivity contribution in [3.05, 3.63) is 48.8 Å². The summed E-state index contributed by atoms with van der Waals surface area (Å²) in [6.45, 7) is 0. The maximum Gasteiger partial charge on any atom is 0.238 e. The number of amides is 1. The zero-order valence-electron chi connectivity index (χ0n) is 9.13. The molecule has 1 N–H and O–H groups in total. The zero-order valence-corrected chi connectivity index (χ0v) is 9.13. The summed E-state index contributed by atoms with van der Waals surface area (Å²) in [6, 6.07) is 13.1. The molecule has 2 aromatic rings. The predicted octanol–water partition coefficient (Wildman–Crippen LogP) is 2.33. The molecule has 1 heterocycles. The highest BCUT2D eigenvalue weighted by molar-refractivity contribution is 5.92. The molecule has 1 amide bonds. The molecule has 4 heteroatoms. The summed E-state index contributed by atoms with van der Waals surface area (Å²) >= 11 is 0. The van der Waals surface area contributed by atoms with E-state index in [0.29, 0.717) is 5.69 Å². The van der Waals surface area contributed by atoms with Crippen LogP contribution in [0, 0.1) is 11.3 Å². The largest absolute Gasteiger partial charge is 0.325 e. The fourth-order valence-electron chi connectivity index (χ4n) is 1.50. The third-order valence-electron chi connectivity index (χ3n) is 2.29. The fourth-order valence-corrected chi connectivity index (χ4v) is 1.50. The Labute approximate surface area is 99.1 Å². The first-order valence-electron chi connectivity index (χ1n) is 5.20. The Morgan fingerprint density at radius 2 is 1.88 bits per heavy atom. The van der Waals surface area contributed by atoms with Gasteiger partial charge in [0.15, 0.2) is 0 Å². The lowest BCUT2D eigenvalue weighted by Gasteiger charge is -2.05. The van der Waals surface area contributed by atoms with Crippen molar-refractivity contribution in [2.75, 3.05) is 5.32 Å². The van der Waals surface area contributed by atoms with Crippen molar-refractivity contribution in [2.24, 2.45) is 0 Å². The van der Waals surface area contributed by atoms with Gasteiger partial charge in [0.05, 0.1) is 6.07 Å². The number of nitriles is 1. The molecule has 0 unspecified atom stereocenters. The van der Waals surface area contributed by atoms with Crippen molar-refractivity contribution in [2.45, 2.75) is 6.42 Å². The van der Waals surface area contributed by atoms with E-state index in [1.54, 1.807) is 6.07 Å². The Balaban J connectivity index is 2.09. The van der Waals surface area contributed by atoms with Crippen LogP contribution in [0.25, 0.3) is 5.69 Å². The van der Waals surface area contributed by atoms with Crippen LogP contribution < -0.4 is 5.32 Å². The lowest BCUT2D eigenvalue weighted by atomic mass is 10.2. The van der Waals surface area contributed by atoms with Gasteiger partial charge in [-0.15, -0.1) is 0 Å². The van der Waals surface area contributed by atoms with Gasteiger partial charge in [-0.2, -0.15) is 5.26 Å². The van der Waals surface area contributed by atoms with Crippen LogP contribution in [0.1, 0.15) is 6.42 Å². The third-order valence-corrected chi connectivity index (χ3v) is 2.29. The summed E-state index contributed by atoms with van der Waals surface area (Å²) in [6.07, 6.45) is 3.77. The van der Waals surface area contributed by atoms with E-state index in [4.69, 9.17) is 5.26 Å². The number of aromatic nitrogens is 1. The number of hydrogen-bond acceptors (Lipinski definition) is 2. The molecule has 4 nitrogen and oxygen atoms in total. The summed E-state index contributed by atoms with van der Waals surface area (Å²) in [5.74, 6) is -0.291. The van der Waals surface area contributed by atoms with Crippen LogP contribution in [0.4, 0.5) is 5.69 Å². The number of carbonyl (C=O) groups excluding carboxylic acids is 1. The third kappa shape index (κ3) is 2.73. The number of hydrogen-bond donors (Lipinski definition) is 1. The quantitative estimate of drug-likeness (QED) is 0.871. The van der Waals surface area contributed by atoms with E-state index >= 15 is 0 Å². The number of carbonyl (C=O) groups is 1. The molecule has 0 aliphatic carbocycles. The monoisotopic (exact) mass is 225 g/mol. The highest BCUT2D eigenvalue weighted by Crippen LogP contribution is 2.13. The summed E-state index contributed by atoms with van der Waals surface area (Å²) in [4.78, 5) is 11.2. The van der Waals surface area contributed by atoms with Gasteiger partial charge in [0.1, 0.15) is 6.42 Å². The lowest BCUT2D eigenvalue weighted by Crippen LogP contribution is -2.09.